The monoisotopic (exact) mass is 200 g/mol. The van der Waals surface area contributed by atoms with Crippen molar-refractivity contribution in [2.45, 2.75) is 51.6 Å². The summed E-state index contributed by atoms with van der Waals surface area (Å²) in [6, 6.07) is 0. The molecule has 14 heavy (non-hydrogen) atoms. The Morgan fingerprint density at radius 2 is 1.86 bits per heavy atom. The standard InChI is InChI=1S/C11H20O3/c1-3-8-4-6-9(7-5-8)11(2,14)10(12)13/h8-9,14H,3-7H2,1-2H3,(H,12,13). The highest BCUT2D eigenvalue weighted by atomic mass is 16.4. The van der Waals surface area contributed by atoms with Gasteiger partial charge in [-0.1, -0.05) is 26.2 Å². The molecule has 2 N–H and O–H groups in total. The summed E-state index contributed by atoms with van der Waals surface area (Å²) < 4.78 is 0. The molecular formula is C11H20O3. The fourth-order valence-electron chi connectivity index (χ4n) is 2.31. The van der Waals surface area contributed by atoms with Gasteiger partial charge in [0.1, 0.15) is 0 Å². The lowest BCUT2D eigenvalue weighted by atomic mass is 9.73. The highest BCUT2D eigenvalue weighted by Gasteiger charge is 2.40. The first kappa shape index (κ1) is 11.5. The summed E-state index contributed by atoms with van der Waals surface area (Å²) >= 11 is 0. The predicted molar refractivity (Wildman–Crippen MR) is 54.0 cm³/mol. The molecule has 1 saturated carbocycles. The number of carboxylic acids is 1. The number of hydrogen-bond donors (Lipinski definition) is 2. The van der Waals surface area contributed by atoms with E-state index < -0.39 is 11.6 Å². The van der Waals surface area contributed by atoms with Crippen molar-refractivity contribution in [3.05, 3.63) is 0 Å². The Balaban J connectivity index is 2.53. The molecule has 0 aromatic rings. The Bertz CT molecular complexity index is 203. The minimum Gasteiger partial charge on any atom is -0.479 e. The van der Waals surface area contributed by atoms with E-state index in [-0.39, 0.29) is 5.92 Å². The van der Waals surface area contributed by atoms with Crippen molar-refractivity contribution >= 4 is 5.97 Å². The van der Waals surface area contributed by atoms with E-state index in [0.717, 1.165) is 31.6 Å². The third kappa shape index (κ3) is 2.27. The summed E-state index contributed by atoms with van der Waals surface area (Å²) in [7, 11) is 0. The number of rotatable bonds is 3. The summed E-state index contributed by atoms with van der Waals surface area (Å²) in [5.41, 5.74) is -1.53. The van der Waals surface area contributed by atoms with Crippen LogP contribution in [0.25, 0.3) is 0 Å². The van der Waals surface area contributed by atoms with E-state index in [1.54, 1.807) is 0 Å². The largest absolute Gasteiger partial charge is 0.479 e. The molecule has 0 spiro atoms. The van der Waals surface area contributed by atoms with Crippen molar-refractivity contribution in [3.8, 4) is 0 Å². The molecule has 3 nitrogen and oxygen atoms in total. The molecule has 1 unspecified atom stereocenters. The van der Waals surface area contributed by atoms with Crippen LogP contribution >= 0.6 is 0 Å². The number of hydrogen-bond acceptors (Lipinski definition) is 2. The zero-order valence-electron chi connectivity index (χ0n) is 8.99. The molecule has 0 bridgehead atoms. The van der Waals surface area contributed by atoms with Crippen LogP contribution in [0.3, 0.4) is 0 Å². The first-order valence-corrected chi connectivity index (χ1v) is 5.44. The topological polar surface area (TPSA) is 57.5 Å². The van der Waals surface area contributed by atoms with Crippen molar-refractivity contribution < 1.29 is 15.0 Å². The maximum absolute atomic E-state index is 10.8. The molecule has 0 heterocycles. The molecule has 0 aromatic heterocycles. The van der Waals surface area contributed by atoms with E-state index in [2.05, 4.69) is 6.92 Å². The second kappa shape index (κ2) is 4.30. The van der Waals surface area contributed by atoms with Gasteiger partial charge < -0.3 is 10.2 Å². The Kier molecular flexibility index (Phi) is 3.53. The molecule has 0 aliphatic heterocycles. The van der Waals surface area contributed by atoms with E-state index in [9.17, 15) is 9.90 Å². The van der Waals surface area contributed by atoms with E-state index >= 15 is 0 Å². The van der Waals surface area contributed by atoms with Crippen LogP contribution in [-0.4, -0.2) is 21.8 Å². The third-order valence-electron chi connectivity index (χ3n) is 3.65. The van der Waals surface area contributed by atoms with Gasteiger partial charge in [-0.3, -0.25) is 0 Å². The van der Waals surface area contributed by atoms with Gasteiger partial charge >= 0.3 is 5.97 Å². The smallest absolute Gasteiger partial charge is 0.335 e. The van der Waals surface area contributed by atoms with Crippen molar-refractivity contribution in [1.82, 2.24) is 0 Å². The van der Waals surface area contributed by atoms with Gasteiger partial charge in [0, 0.05) is 0 Å². The van der Waals surface area contributed by atoms with Crippen molar-refractivity contribution in [2.24, 2.45) is 11.8 Å². The normalized spacial score (nSPS) is 32.2. The molecule has 0 saturated heterocycles. The first-order chi connectivity index (χ1) is 6.48. The lowest BCUT2D eigenvalue weighted by molar-refractivity contribution is -0.164. The third-order valence-corrected chi connectivity index (χ3v) is 3.65. The Morgan fingerprint density at radius 3 is 2.21 bits per heavy atom. The van der Waals surface area contributed by atoms with Crippen molar-refractivity contribution in [2.75, 3.05) is 0 Å². The van der Waals surface area contributed by atoms with Crippen molar-refractivity contribution in [3.63, 3.8) is 0 Å². The SMILES string of the molecule is CCC1CCC(C(C)(O)C(=O)O)CC1. The van der Waals surface area contributed by atoms with Crippen LogP contribution in [0.1, 0.15) is 46.0 Å². The zero-order valence-corrected chi connectivity index (χ0v) is 8.99. The molecule has 1 aliphatic rings. The van der Waals surface area contributed by atoms with Gasteiger partial charge in [-0.25, -0.2) is 4.79 Å². The average molecular weight is 200 g/mol. The van der Waals surface area contributed by atoms with Gasteiger partial charge in [-0.15, -0.1) is 0 Å². The van der Waals surface area contributed by atoms with Crippen LogP contribution < -0.4 is 0 Å². The molecular weight excluding hydrogens is 180 g/mol. The number of aliphatic carboxylic acids is 1. The van der Waals surface area contributed by atoms with Gasteiger partial charge in [0.25, 0.3) is 0 Å². The van der Waals surface area contributed by atoms with E-state index in [1.807, 2.05) is 0 Å². The van der Waals surface area contributed by atoms with E-state index in [1.165, 1.54) is 13.3 Å². The molecule has 1 rings (SSSR count). The van der Waals surface area contributed by atoms with Crippen molar-refractivity contribution in [1.29, 1.82) is 0 Å². The molecule has 3 heteroatoms. The highest BCUT2D eigenvalue weighted by molar-refractivity contribution is 5.76. The summed E-state index contributed by atoms with van der Waals surface area (Å²) in [6.07, 6.45) is 4.98. The Labute approximate surface area is 85.1 Å². The fraction of sp³-hybridized carbons (Fsp3) is 0.909. The zero-order chi connectivity index (χ0) is 10.8. The second-order valence-corrected chi connectivity index (χ2v) is 4.58. The summed E-state index contributed by atoms with van der Waals surface area (Å²) in [6.45, 7) is 3.59. The highest BCUT2D eigenvalue weighted by Crippen LogP contribution is 2.36. The average Bonchev–Trinajstić information content (AvgIpc) is 2.17. The maximum atomic E-state index is 10.8. The van der Waals surface area contributed by atoms with Gasteiger partial charge in [0.2, 0.25) is 0 Å². The molecule has 1 fully saturated rings. The van der Waals surface area contributed by atoms with Crippen LogP contribution in [0.15, 0.2) is 0 Å². The fourth-order valence-corrected chi connectivity index (χ4v) is 2.31. The minimum atomic E-state index is -1.53. The van der Waals surface area contributed by atoms with Gasteiger partial charge in [-0.05, 0) is 31.6 Å². The first-order valence-electron chi connectivity index (χ1n) is 5.44. The predicted octanol–water partition coefficient (Wildman–Crippen LogP) is 2.04. The Morgan fingerprint density at radius 1 is 1.36 bits per heavy atom. The molecule has 0 aromatic carbocycles. The lowest BCUT2D eigenvalue weighted by Crippen LogP contribution is -2.44. The lowest BCUT2D eigenvalue weighted by Gasteiger charge is -2.35. The van der Waals surface area contributed by atoms with Crippen LogP contribution in [0.5, 0.6) is 0 Å². The van der Waals surface area contributed by atoms with E-state index in [0.29, 0.717) is 0 Å². The van der Waals surface area contributed by atoms with Gasteiger partial charge in [0.15, 0.2) is 5.60 Å². The van der Waals surface area contributed by atoms with E-state index in [4.69, 9.17) is 5.11 Å². The molecule has 0 amide bonds. The van der Waals surface area contributed by atoms with Gasteiger partial charge in [0.05, 0.1) is 0 Å². The molecule has 1 aliphatic carbocycles. The van der Waals surface area contributed by atoms with Crippen LogP contribution in [0, 0.1) is 11.8 Å². The van der Waals surface area contributed by atoms with Crippen LogP contribution in [0.2, 0.25) is 0 Å². The molecule has 1 atom stereocenters. The van der Waals surface area contributed by atoms with Crippen LogP contribution in [0.4, 0.5) is 0 Å². The number of carboxylic acid groups (broad SMARTS) is 1. The maximum Gasteiger partial charge on any atom is 0.335 e. The summed E-state index contributed by atoms with van der Waals surface area (Å²) in [5.74, 6) is -0.420. The number of aliphatic hydroxyl groups is 1. The Hall–Kier alpha value is -0.570. The molecule has 0 radical (unpaired) electrons. The minimum absolute atomic E-state index is 0.0669. The van der Waals surface area contributed by atoms with Crippen LogP contribution in [-0.2, 0) is 4.79 Å². The second-order valence-electron chi connectivity index (χ2n) is 4.58. The quantitative estimate of drug-likeness (QED) is 0.733. The summed E-state index contributed by atoms with van der Waals surface area (Å²) in [5, 5.41) is 18.6. The molecule has 82 valence electrons. The number of carbonyl (C=O) groups is 1. The summed E-state index contributed by atoms with van der Waals surface area (Å²) in [4.78, 5) is 10.8. The van der Waals surface area contributed by atoms with Gasteiger partial charge in [-0.2, -0.15) is 0 Å².